The number of furan rings is 2. The minimum absolute atomic E-state index is 0.144. The van der Waals surface area contributed by atoms with Gasteiger partial charge in [0.25, 0.3) is 0 Å². The summed E-state index contributed by atoms with van der Waals surface area (Å²) in [6.07, 6.45) is 0. The number of rotatable bonds is 5. The molecule has 2 heterocycles. The van der Waals surface area contributed by atoms with Gasteiger partial charge in [-0.25, -0.2) is 0 Å². The minimum atomic E-state index is -0.144. The van der Waals surface area contributed by atoms with E-state index in [1.807, 2.05) is 18.2 Å². The second-order valence-corrected chi connectivity index (χ2v) is 14.9. The Kier molecular flexibility index (Phi) is 6.60. The molecule has 10 aromatic rings. The molecule has 11 rings (SSSR count). The van der Waals surface area contributed by atoms with E-state index in [1.165, 1.54) is 33.4 Å². The zero-order valence-corrected chi connectivity index (χ0v) is 30.0. The maximum Gasteiger partial charge on any atom is 0.160 e. The molecule has 8 aromatic carbocycles. The fraction of sp³-hybridized carbons (Fsp3) is 0.0588. The molecule has 0 radical (unpaired) electrons. The fourth-order valence-corrected chi connectivity index (χ4v) is 8.87. The van der Waals surface area contributed by atoms with Gasteiger partial charge in [-0.3, -0.25) is 0 Å². The number of anilines is 3. The molecule has 0 bridgehead atoms. The predicted octanol–water partition coefficient (Wildman–Crippen LogP) is 14.6. The van der Waals surface area contributed by atoms with Crippen LogP contribution in [-0.2, 0) is 5.41 Å². The lowest BCUT2D eigenvalue weighted by atomic mass is 9.82. The molecule has 3 heteroatoms. The van der Waals surface area contributed by atoms with E-state index >= 15 is 0 Å². The van der Waals surface area contributed by atoms with Gasteiger partial charge in [0.15, 0.2) is 5.58 Å². The molecule has 0 N–H and O–H groups in total. The second-order valence-electron chi connectivity index (χ2n) is 14.9. The molecular formula is C51H35NO2. The van der Waals surface area contributed by atoms with Gasteiger partial charge in [-0.05, 0) is 81.4 Å². The van der Waals surface area contributed by atoms with Gasteiger partial charge < -0.3 is 13.7 Å². The van der Waals surface area contributed by atoms with Crippen LogP contribution < -0.4 is 4.90 Å². The Morgan fingerprint density at radius 3 is 1.83 bits per heavy atom. The molecule has 0 amide bonds. The first-order chi connectivity index (χ1) is 26.5. The molecule has 0 atom stereocenters. The Labute approximate surface area is 313 Å². The minimum Gasteiger partial charge on any atom is -0.455 e. The second kappa shape index (κ2) is 11.6. The summed E-state index contributed by atoms with van der Waals surface area (Å²) in [5.41, 5.74) is 16.2. The summed E-state index contributed by atoms with van der Waals surface area (Å²) in [4.78, 5) is 2.37. The van der Waals surface area contributed by atoms with Crippen molar-refractivity contribution in [3.63, 3.8) is 0 Å². The van der Waals surface area contributed by atoms with Crippen LogP contribution in [-0.4, -0.2) is 0 Å². The number of fused-ring (bicyclic) bond motifs is 9. The van der Waals surface area contributed by atoms with E-state index in [-0.39, 0.29) is 5.41 Å². The Balaban J connectivity index is 1.17. The van der Waals surface area contributed by atoms with Crippen LogP contribution in [0.15, 0.2) is 185 Å². The molecule has 54 heavy (non-hydrogen) atoms. The number of hydrogen-bond donors (Lipinski definition) is 0. The maximum absolute atomic E-state index is 6.95. The van der Waals surface area contributed by atoms with Crippen molar-refractivity contribution in [3.8, 4) is 33.4 Å². The largest absolute Gasteiger partial charge is 0.455 e. The summed E-state index contributed by atoms with van der Waals surface area (Å²) in [5.74, 6) is 0. The van der Waals surface area contributed by atoms with Crippen molar-refractivity contribution in [1.82, 2.24) is 0 Å². The normalized spacial score (nSPS) is 13.1. The van der Waals surface area contributed by atoms with Crippen molar-refractivity contribution in [1.29, 1.82) is 0 Å². The molecule has 0 fully saturated rings. The van der Waals surface area contributed by atoms with Gasteiger partial charge in [0.2, 0.25) is 0 Å². The van der Waals surface area contributed by atoms with Crippen LogP contribution in [0.3, 0.4) is 0 Å². The van der Waals surface area contributed by atoms with Gasteiger partial charge >= 0.3 is 0 Å². The fourth-order valence-electron chi connectivity index (χ4n) is 8.87. The standard InChI is InChI=1S/C51H35NO2/c1-51(2)43-20-9-6-15-36(43)37-28-27-35(31-44(37)51)52(34-25-23-33(24-26-34)32-13-4-3-5-14-32)45-30-29-39(48-42-17-8-11-22-47(42)54-50(45)48)41-19-12-18-40-38-16-7-10-21-46(38)53-49(40)41/h3-31H,1-2H3. The van der Waals surface area contributed by atoms with Crippen molar-refractivity contribution >= 4 is 60.9 Å². The predicted molar refractivity (Wildman–Crippen MR) is 224 cm³/mol. The molecule has 0 spiro atoms. The number of hydrogen-bond acceptors (Lipinski definition) is 3. The average molecular weight is 694 g/mol. The van der Waals surface area contributed by atoms with E-state index < -0.39 is 0 Å². The zero-order chi connectivity index (χ0) is 36.0. The Hall–Kier alpha value is -6.84. The van der Waals surface area contributed by atoms with Crippen LogP contribution in [0.5, 0.6) is 0 Å². The first-order valence-corrected chi connectivity index (χ1v) is 18.6. The third-order valence-corrected chi connectivity index (χ3v) is 11.5. The topological polar surface area (TPSA) is 29.5 Å². The highest BCUT2D eigenvalue weighted by Gasteiger charge is 2.36. The lowest BCUT2D eigenvalue weighted by Gasteiger charge is -2.28. The first kappa shape index (κ1) is 30.8. The van der Waals surface area contributed by atoms with Gasteiger partial charge in [0.1, 0.15) is 16.7 Å². The summed E-state index contributed by atoms with van der Waals surface area (Å²) >= 11 is 0. The Morgan fingerprint density at radius 2 is 1.00 bits per heavy atom. The quantitative estimate of drug-likeness (QED) is 0.180. The van der Waals surface area contributed by atoms with Crippen LogP contribution in [0.1, 0.15) is 25.0 Å². The lowest BCUT2D eigenvalue weighted by molar-refractivity contribution is 0.660. The molecule has 256 valence electrons. The van der Waals surface area contributed by atoms with Crippen LogP contribution in [0.4, 0.5) is 17.1 Å². The van der Waals surface area contributed by atoms with E-state index in [4.69, 9.17) is 8.83 Å². The SMILES string of the molecule is CC1(C)c2ccccc2-c2ccc(N(c3ccc(-c4ccccc4)cc3)c3ccc(-c4cccc5c4oc4ccccc45)c4c3oc3ccccc34)cc21. The van der Waals surface area contributed by atoms with Gasteiger partial charge in [-0.1, -0.05) is 147 Å². The van der Waals surface area contributed by atoms with Gasteiger partial charge in [-0.2, -0.15) is 0 Å². The maximum atomic E-state index is 6.95. The van der Waals surface area contributed by atoms with Crippen molar-refractivity contribution in [3.05, 3.63) is 187 Å². The molecule has 0 saturated carbocycles. The molecule has 0 saturated heterocycles. The molecule has 3 nitrogen and oxygen atoms in total. The molecular weight excluding hydrogens is 659 g/mol. The van der Waals surface area contributed by atoms with Crippen LogP contribution >= 0.6 is 0 Å². The van der Waals surface area contributed by atoms with Crippen LogP contribution in [0, 0.1) is 0 Å². The van der Waals surface area contributed by atoms with Crippen molar-refractivity contribution in [2.75, 3.05) is 4.90 Å². The number of nitrogens with zero attached hydrogens (tertiary/aromatic N) is 1. The first-order valence-electron chi connectivity index (χ1n) is 18.6. The zero-order valence-electron chi connectivity index (χ0n) is 30.0. The van der Waals surface area contributed by atoms with Crippen molar-refractivity contribution in [2.24, 2.45) is 0 Å². The molecule has 0 unspecified atom stereocenters. The van der Waals surface area contributed by atoms with Gasteiger partial charge in [-0.15, -0.1) is 0 Å². The average Bonchev–Trinajstić information content (AvgIpc) is 3.87. The van der Waals surface area contributed by atoms with E-state index in [0.29, 0.717) is 0 Å². The number of benzene rings is 8. The van der Waals surface area contributed by atoms with Gasteiger partial charge in [0, 0.05) is 43.9 Å². The Bertz CT molecular complexity index is 3070. The molecule has 1 aliphatic rings. The summed E-state index contributed by atoms with van der Waals surface area (Å²) < 4.78 is 13.5. The number of para-hydroxylation sites is 3. The van der Waals surface area contributed by atoms with Crippen LogP contribution in [0.2, 0.25) is 0 Å². The lowest BCUT2D eigenvalue weighted by Crippen LogP contribution is -2.16. The highest BCUT2D eigenvalue weighted by molar-refractivity contribution is 6.20. The van der Waals surface area contributed by atoms with Gasteiger partial charge in [0.05, 0.1) is 5.69 Å². The van der Waals surface area contributed by atoms with Crippen molar-refractivity contribution < 1.29 is 8.83 Å². The third kappa shape index (κ3) is 4.48. The molecule has 0 aliphatic heterocycles. The van der Waals surface area contributed by atoms with E-state index in [0.717, 1.165) is 72.1 Å². The molecule has 1 aliphatic carbocycles. The van der Waals surface area contributed by atoms with E-state index in [1.54, 1.807) is 0 Å². The van der Waals surface area contributed by atoms with E-state index in [2.05, 4.69) is 176 Å². The summed E-state index contributed by atoms with van der Waals surface area (Å²) in [5, 5.41) is 4.36. The third-order valence-electron chi connectivity index (χ3n) is 11.5. The smallest absolute Gasteiger partial charge is 0.160 e. The monoisotopic (exact) mass is 693 g/mol. The summed E-state index contributed by atoms with van der Waals surface area (Å²) in [6, 6.07) is 62.8. The highest BCUT2D eigenvalue weighted by Crippen LogP contribution is 2.52. The van der Waals surface area contributed by atoms with Crippen molar-refractivity contribution in [2.45, 2.75) is 19.3 Å². The highest BCUT2D eigenvalue weighted by atomic mass is 16.3. The Morgan fingerprint density at radius 1 is 0.407 bits per heavy atom. The molecule has 2 aromatic heterocycles. The summed E-state index contributed by atoms with van der Waals surface area (Å²) in [6.45, 7) is 4.68. The summed E-state index contributed by atoms with van der Waals surface area (Å²) in [7, 11) is 0. The van der Waals surface area contributed by atoms with Crippen LogP contribution in [0.25, 0.3) is 77.3 Å². The van der Waals surface area contributed by atoms with E-state index in [9.17, 15) is 0 Å².